The van der Waals surface area contributed by atoms with Gasteiger partial charge in [0.25, 0.3) is 0 Å². The van der Waals surface area contributed by atoms with Gasteiger partial charge in [0.15, 0.2) is 6.29 Å². The number of rotatable bonds is 2. The topological polar surface area (TPSA) is 43.4 Å². The van der Waals surface area contributed by atoms with Crippen LogP contribution in [0.25, 0.3) is 0 Å². The molecule has 0 aliphatic rings. The molecule has 68 valence electrons. The molecule has 0 bridgehead atoms. The van der Waals surface area contributed by atoms with Crippen LogP contribution in [0.4, 0.5) is 0 Å². The zero-order chi connectivity index (χ0) is 9.84. The number of aldehydes is 1. The average Bonchev–Trinajstić information content (AvgIpc) is 2.17. The summed E-state index contributed by atoms with van der Waals surface area (Å²) in [6.07, 6.45) is 0.592. The van der Waals surface area contributed by atoms with Crippen LogP contribution in [-0.4, -0.2) is 19.4 Å². The number of carbonyl (C=O) groups excluding carboxylic acids is 2. The molecule has 0 aliphatic heterocycles. The molecule has 3 nitrogen and oxygen atoms in total. The Balaban J connectivity index is 3.23. The van der Waals surface area contributed by atoms with Crippen molar-refractivity contribution in [2.45, 2.75) is 0 Å². The number of esters is 1. The molecule has 0 saturated heterocycles. The number of carbonyl (C=O) groups is 2. The zero-order valence-corrected chi connectivity index (χ0v) is 7.67. The maximum absolute atomic E-state index is 11.1. The van der Waals surface area contributed by atoms with Gasteiger partial charge in [-0.1, -0.05) is 23.7 Å². The predicted molar refractivity (Wildman–Crippen MR) is 48.2 cm³/mol. The molecule has 0 heterocycles. The Morgan fingerprint density at radius 2 is 2.23 bits per heavy atom. The third-order valence-corrected chi connectivity index (χ3v) is 1.98. The van der Waals surface area contributed by atoms with Gasteiger partial charge in [0.05, 0.1) is 17.7 Å². The Bertz CT molecular complexity index is 347. The van der Waals surface area contributed by atoms with Crippen LogP contribution in [0.3, 0.4) is 0 Å². The number of hydrogen-bond acceptors (Lipinski definition) is 3. The second-order valence-electron chi connectivity index (χ2n) is 2.32. The van der Waals surface area contributed by atoms with Crippen LogP contribution in [0.1, 0.15) is 20.7 Å². The Morgan fingerprint density at radius 3 is 2.77 bits per heavy atom. The van der Waals surface area contributed by atoms with Crippen molar-refractivity contribution in [2.75, 3.05) is 7.11 Å². The van der Waals surface area contributed by atoms with Crippen LogP contribution in [0.5, 0.6) is 0 Å². The van der Waals surface area contributed by atoms with Crippen molar-refractivity contribution in [3.63, 3.8) is 0 Å². The molecule has 0 unspecified atom stereocenters. The van der Waals surface area contributed by atoms with Gasteiger partial charge in [-0.2, -0.15) is 0 Å². The van der Waals surface area contributed by atoms with E-state index in [0.29, 0.717) is 6.29 Å². The highest BCUT2D eigenvalue weighted by Crippen LogP contribution is 2.20. The van der Waals surface area contributed by atoms with Crippen LogP contribution < -0.4 is 0 Å². The average molecular weight is 199 g/mol. The molecule has 0 amide bonds. The van der Waals surface area contributed by atoms with Gasteiger partial charge in [0, 0.05) is 5.56 Å². The fraction of sp³-hybridized carbons (Fsp3) is 0.111. The minimum atomic E-state index is -0.547. The number of methoxy groups -OCH3 is 1. The minimum Gasteiger partial charge on any atom is -0.465 e. The van der Waals surface area contributed by atoms with Crippen molar-refractivity contribution < 1.29 is 14.3 Å². The standard InChI is InChI=1S/C9H7ClO3/c1-13-9(12)7-4-2-3-6(5-11)8(7)10/h2-5H,1H3. The molecule has 0 fully saturated rings. The third kappa shape index (κ3) is 1.87. The molecule has 0 radical (unpaired) electrons. The van der Waals surface area contributed by atoms with E-state index in [1.54, 1.807) is 6.07 Å². The maximum Gasteiger partial charge on any atom is 0.339 e. The molecule has 1 aromatic carbocycles. The Labute approximate surface area is 80.3 Å². The summed E-state index contributed by atoms with van der Waals surface area (Å²) < 4.78 is 4.48. The SMILES string of the molecule is COC(=O)c1cccc(C=O)c1Cl. The van der Waals surface area contributed by atoms with Crippen molar-refractivity contribution in [1.29, 1.82) is 0 Å². The highest BCUT2D eigenvalue weighted by atomic mass is 35.5. The number of hydrogen-bond donors (Lipinski definition) is 0. The first-order valence-electron chi connectivity index (χ1n) is 3.52. The smallest absolute Gasteiger partial charge is 0.339 e. The lowest BCUT2D eigenvalue weighted by atomic mass is 10.1. The second kappa shape index (κ2) is 4.05. The molecule has 0 N–H and O–H groups in total. The minimum absolute atomic E-state index is 0.129. The summed E-state index contributed by atoms with van der Waals surface area (Å²) in [5.41, 5.74) is 0.485. The van der Waals surface area contributed by atoms with Crippen LogP contribution in [0.2, 0.25) is 5.02 Å². The summed E-state index contributed by atoms with van der Waals surface area (Å²) in [5, 5.41) is 0.129. The van der Waals surface area contributed by atoms with Gasteiger partial charge in [-0.05, 0) is 6.07 Å². The normalized spacial score (nSPS) is 9.38. The molecule has 0 aromatic heterocycles. The van der Waals surface area contributed by atoms with E-state index in [1.165, 1.54) is 19.2 Å². The van der Waals surface area contributed by atoms with E-state index in [0.717, 1.165) is 0 Å². The quantitative estimate of drug-likeness (QED) is 0.539. The van der Waals surface area contributed by atoms with Gasteiger partial charge in [-0.15, -0.1) is 0 Å². The van der Waals surface area contributed by atoms with Crippen molar-refractivity contribution in [3.8, 4) is 0 Å². The second-order valence-corrected chi connectivity index (χ2v) is 2.70. The van der Waals surface area contributed by atoms with Gasteiger partial charge in [0.2, 0.25) is 0 Å². The van der Waals surface area contributed by atoms with E-state index in [9.17, 15) is 9.59 Å². The first kappa shape index (κ1) is 9.74. The fourth-order valence-electron chi connectivity index (χ4n) is 0.908. The van der Waals surface area contributed by atoms with Crippen LogP contribution in [0.15, 0.2) is 18.2 Å². The summed E-state index contributed by atoms with van der Waals surface area (Å²) in [4.78, 5) is 21.5. The van der Waals surface area contributed by atoms with E-state index in [1.807, 2.05) is 0 Å². The molecular formula is C9H7ClO3. The molecular weight excluding hydrogens is 192 g/mol. The predicted octanol–water partition coefficient (Wildman–Crippen LogP) is 1.94. The van der Waals surface area contributed by atoms with E-state index in [4.69, 9.17) is 11.6 Å². The maximum atomic E-state index is 11.1. The first-order valence-corrected chi connectivity index (χ1v) is 3.90. The van der Waals surface area contributed by atoms with Crippen LogP contribution in [-0.2, 0) is 4.74 Å². The molecule has 4 heteroatoms. The molecule has 13 heavy (non-hydrogen) atoms. The zero-order valence-electron chi connectivity index (χ0n) is 6.91. The third-order valence-electron chi connectivity index (χ3n) is 1.56. The summed E-state index contributed by atoms with van der Waals surface area (Å²) in [6, 6.07) is 4.60. The summed E-state index contributed by atoms with van der Waals surface area (Å²) in [7, 11) is 1.26. The first-order chi connectivity index (χ1) is 6.20. The Hall–Kier alpha value is -1.35. The molecule has 1 aromatic rings. The largest absolute Gasteiger partial charge is 0.465 e. The number of halogens is 1. The van der Waals surface area contributed by atoms with E-state index in [-0.39, 0.29) is 16.1 Å². The highest BCUT2D eigenvalue weighted by molar-refractivity contribution is 6.35. The van der Waals surface area contributed by atoms with Crippen LogP contribution in [0, 0.1) is 0 Å². The lowest BCUT2D eigenvalue weighted by Crippen LogP contribution is -2.03. The Morgan fingerprint density at radius 1 is 1.54 bits per heavy atom. The van der Waals surface area contributed by atoms with E-state index >= 15 is 0 Å². The van der Waals surface area contributed by atoms with Gasteiger partial charge >= 0.3 is 5.97 Å². The summed E-state index contributed by atoms with van der Waals surface area (Å²) in [5.74, 6) is -0.547. The molecule has 0 aliphatic carbocycles. The number of ether oxygens (including phenoxy) is 1. The lowest BCUT2D eigenvalue weighted by Gasteiger charge is -2.02. The molecule has 0 saturated carbocycles. The Kier molecular flexibility index (Phi) is 3.03. The monoisotopic (exact) mass is 198 g/mol. The van der Waals surface area contributed by atoms with Crippen molar-refractivity contribution in [2.24, 2.45) is 0 Å². The lowest BCUT2D eigenvalue weighted by molar-refractivity contribution is 0.0601. The highest BCUT2D eigenvalue weighted by Gasteiger charge is 2.12. The molecule has 0 spiro atoms. The van der Waals surface area contributed by atoms with Gasteiger partial charge < -0.3 is 4.74 Å². The van der Waals surface area contributed by atoms with E-state index < -0.39 is 5.97 Å². The summed E-state index contributed by atoms with van der Waals surface area (Å²) in [6.45, 7) is 0. The molecule has 0 atom stereocenters. The van der Waals surface area contributed by atoms with Crippen molar-refractivity contribution in [3.05, 3.63) is 34.3 Å². The fourth-order valence-corrected chi connectivity index (χ4v) is 1.16. The van der Waals surface area contributed by atoms with Gasteiger partial charge in [0.1, 0.15) is 0 Å². The van der Waals surface area contributed by atoms with Gasteiger partial charge in [-0.25, -0.2) is 4.79 Å². The van der Waals surface area contributed by atoms with Crippen LogP contribution >= 0.6 is 11.6 Å². The van der Waals surface area contributed by atoms with Gasteiger partial charge in [-0.3, -0.25) is 4.79 Å². The van der Waals surface area contributed by atoms with Crippen molar-refractivity contribution >= 4 is 23.9 Å². The molecule has 1 rings (SSSR count). The number of benzene rings is 1. The summed E-state index contributed by atoms with van der Waals surface area (Å²) >= 11 is 5.75. The van der Waals surface area contributed by atoms with E-state index in [2.05, 4.69) is 4.74 Å². The van der Waals surface area contributed by atoms with Crippen molar-refractivity contribution in [1.82, 2.24) is 0 Å².